The summed E-state index contributed by atoms with van der Waals surface area (Å²) >= 11 is 0. The van der Waals surface area contributed by atoms with Crippen molar-refractivity contribution in [2.45, 2.75) is 51.0 Å². The number of nitrogens with one attached hydrogen (secondary N) is 1. The first-order chi connectivity index (χ1) is 14.6. The molecule has 2 aromatic rings. The van der Waals surface area contributed by atoms with Crippen molar-refractivity contribution >= 4 is 5.97 Å². The highest BCUT2D eigenvalue weighted by molar-refractivity contribution is 5.89. The summed E-state index contributed by atoms with van der Waals surface area (Å²) in [6, 6.07) is 8.47. The number of hydrogen-bond donors (Lipinski definition) is 1. The highest BCUT2D eigenvalue weighted by atomic mass is 16.5. The van der Waals surface area contributed by atoms with Crippen LogP contribution in [-0.4, -0.2) is 66.2 Å². The summed E-state index contributed by atoms with van der Waals surface area (Å²) in [5, 5.41) is 10.1. The zero-order valence-corrected chi connectivity index (χ0v) is 18.1. The van der Waals surface area contributed by atoms with Gasteiger partial charge in [-0.3, -0.25) is 0 Å². The molecule has 0 bridgehead atoms. The van der Waals surface area contributed by atoms with Crippen LogP contribution in [0.3, 0.4) is 0 Å². The van der Waals surface area contributed by atoms with Gasteiger partial charge in [0.1, 0.15) is 11.9 Å². The number of H-pyrrole nitrogens is 1. The maximum absolute atomic E-state index is 11.9. The molecule has 0 amide bonds. The van der Waals surface area contributed by atoms with E-state index in [4.69, 9.17) is 14.2 Å². The van der Waals surface area contributed by atoms with Crippen LogP contribution in [0.15, 0.2) is 24.3 Å². The number of benzene rings is 1. The zero-order valence-electron chi connectivity index (χ0n) is 18.1. The average Bonchev–Trinajstić information content (AvgIpc) is 3.21. The Labute approximate surface area is 177 Å². The van der Waals surface area contributed by atoms with Gasteiger partial charge in [0.25, 0.3) is 5.88 Å². The van der Waals surface area contributed by atoms with E-state index in [1.807, 2.05) is 0 Å². The molecule has 30 heavy (non-hydrogen) atoms. The van der Waals surface area contributed by atoms with E-state index in [-0.39, 0.29) is 17.7 Å². The number of esters is 1. The lowest BCUT2D eigenvalue weighted by Crippen LogP contribution is -2.24. The summed E-state index contributed by atoms with van der Waals surface area (Å²) in [6.07, 6.45) is 4.91. The third-order valence-corrected chi connectivity index (χ3v) is 5.32. The lowest BCUT2D eigenvalue weighted by molar-refractivity contribution is 0.0508. The van der Waals surface area contributed by atoms with Crippen molar-refractivity contribution in [1.29, 1.82) is 0 Å². The number of carbonyl (C=O) groups excluding carboxylic acids is 1. The van der Waals surface area contributed by atoms with Crippen LogP contribution in [0.2, 0.25) is 0 Å². The number of aromatic nitrogens is 3. The molecular weight excluding hydrogens is 384 g/mol. The van der Waals surface area contributed by atoms with Crippen molar-refractivity contribution in [3.8, 4) is 11.6 Å². The molecule has 1 saturated carbocycles. The van der Waals surface area contributed by atoms with Crippen molar-refractivity contribution < 1.29 is 19.0 Å². The van der Waals surface area contributed by atoms with Crippen molar-refractivity contribution in [1.82, 2.24) is 20.3 Å². The van der Waals surface area contributed by atoms with Gasteiger partial charge in [-0.25, -0.2) is 9.89 Å². The second-order valence-corrected chi connectivity index (χ2v) is 7.88. The normalized spacial score (nSPS) is 18.9. The van der Waals surface area contributed by atoms with Crippen LogP contribution in [0.25, 0.3) is 0 Å². The van der Waals surface area contributed by atoms with Crippen LogP contribution < -0.4 is 9.47 Å². The number of hydrogen-bond acceptors (Lipinski definition) is 7. The molecule has 1 fully saturated rings. The molecule has 1 aliphatic rings. The highest BCUT2D eigenvalue weighted by Gasteiger charge is 2.27. The molecule has 164 valence electrons. The Morgan fingerprint density at radius 3 is 2.57 bits per heavy atom. The number of nitrogens with zero attached hydrogens (tertiary/aromatic N) is 3. The number of carbonyl (C=O) groups is 1. The molecule has 3 rings (SSSR count). The largest absolute Gasteiger partial charge is 0.494 e. The van der Waals surface area contributed by atoms with E-state index in [1.54, 1.807) is 6.92 Å². The molecule has 0 spiro atoms. The standard InChI is InChI=1S/C22H32N4O4/c1-4-28-22(27)20-21(24-25-23-20)30-19-12-8-17(9-13-19)16-6-10-18(11-7-16)29-15-5-14-26(2)3/h6-7,10-11,17,19H,4-5,8-9,12-15H2,1-3H3,(H,23,24,25). The molecule has 1 heterocycles. The lowest BCUT2D eigenvalue weighted by Gasteiger charge is -2.28. The molecule has 0 radical (unpaired) electrons. The van der Waals surface area contributed by atoms with Gasteiger partial charge < -0.3 is 19.1 Å². The molecule has 0 atom stereocenters. The van der Waals surface area contributed by atoms with E-state index in [2.05, 4.69) is 58.7 Å². The fourth-order valence-corrected chi connectivity index (χ4v) is 3.72. The van der Waals surface area contributed by atoms with E-state index < -0.39 is 5.97 Å². The second kappa shape index (κ2) is 11.0. The predicted molar refractivity (Wildman–Crippen MR) is 113 cm³/mol. The maximum Gasteiger partial charge on any atom is 0.362 e. The van der Waals surface area contributed by atoms with E-state index in [1.165, 1.54) is 5.56 Å². The van der Waals surface area contributed by atoms with Crippen LogP contribution >= 0.6 is 0 Å². The summed E-state index contributed by atoms with van der Waals surface area (Å²) < 4.78 is 16.8. The quantitative estimate of drug-likeness (QED) is 0.469. The van der Waals surface area contributed by atoms with Gasteiger partial charge >= 0.3 is 5.97 Å². The SMILES string of the molecule is CCOC(=O)c1[nH]nnc1OC1CCC(c2ccc(OCCCN(C)C)cc2)CC1. The molecule has 8 nitrogen and oxygen atoms in total. The van der Waals surface area contributed by atoms with E-state index >= 15 is 0 Å². The smallest absolute Gasteiger partial charge is 0.362 e. The average molecular weight is 417 g/mol. The topological polar surface area (TPSA) is 89.6 Å². The van der Waals surface area contributed by atoms with Crippen LogP contribution in [0.5, 0.6) is 11.6 Å². The van der Waals surface area contributed by atoms with E-state index in [0.29, 0.717) is 12.5 Å². The number of aromatic amines is 1. The summed E-state index contributed by atoms with van der Waals surface area (Å²) in [4.78, 5) is 14.1. The van der Waals surface area contributed by atoms with Crippen molar-refractivity contribution in [3.63, 3.8) is 0 Å². The minimum atomic E-state index is -0.491. The first-order valence-electron chi connectivity index (χ1n) is 10.7. The first kappa shape index (κ1) is 22.1. The predicted octanol–water partition coefficient (Wildman–Crippen LogP) is 3.42. The van der Waals surface area contributed by atoms with Crippen molar-refractivity contribution in [3.05, 3.63) is 35.5 Å². The Bertz CT molecular complexity index is 783. The van der Waals surface area contributed by atoms with Gasteiger partial charge in [-0.15, -0.1) is 0 Å². The van der Waals surface area contributed by atoms with Gasteiger partial charge in [-0.1, -0.05) is 22.4 Å². The van der Waals surface area contributed by atoms with Gasteiger partial charge in [0, 0.05) is 6.54 Å². The minimum Gasteiger partial charge on any atom is -0.494 e. The molecule has 1 aromatic heterocycles. The highest BCUT2D eigenvalue weighted by Crippen LogP contribution is 2.35. The van der Waals surface area contributed by atoms with Crippen molar-refractivity contribution in [2.24, 2.45) is 0 Å². The molecule has 1 aliphatic carbocycles. The fraction of sp³-hybridized carbons (Fsp3) is 0.591. The van der Waals surface area contributed by atoms with Gasteiger partial charge in [0.05, 0.1) is 13.2 Å². The summed E-state index contributed by atoms with van der Waals surface area (Å²) in [5.74, 6) is 1.17. The van der Waals surface area contributed by atoms with Gasteiger partial charge in [0.15, 0.2) is 0 Å². The molecule has 0 aliphatic heterocycles. The Morgan fingerprint density at radius 1 is 1.17 bits per heavy atom. The molecule has 1 N–H and O–H groups in total. The summed E-state index contributed by atoms with van der Waals surface area (Å²) in [5.41, 5.74) is 1.52. The zero-order chi connectivity index (χ0) is 21.3. The lowest BCUT2D eigenvalue weighted by atomic mass is 9.83. The monoisotopic (exact) mass is 416 g/mol. The molecular formula is C22H32N4O4. The number of rotatable bonds is 10. The summed E-state index contributed by atoms with van der Waals surface area (Å²) in [6.45, 7) is 3.81. The molecule has 1 aromatic carbocycles. The third kappa shape index (κ3) is 6.19. The number of ether oxygens (including phenoxy) is 3. The molecule has 0 unspecified atom stereocenters. The van der Waals surface area contributed by atoms with Gasteiger partial charge in [0.2, 0.25) is 5.69 Å². The minimum absolute atomic E-state index is 0.0267. The molecule has 8 heteroatoms. The van der Waals surface area contributed by atoms with E-state index in [0.717, 1.165) is 51.0 Å². The second-order valence-electron chi connectivity index (χ2n) is 7.88. The van der Waals surface area contributed by atoms with Crippen LogP contribution in [0.1, 0.15) is 61.0 Å². The third-order valence-electron chi connectivity index (χ3n) is 5.32. The molecule has 0 saturated heterocycles. The van der Waals surface area contributed by atoms with Gasteiger partial charge in [-0.05, 0) is 76.7 Å². The van der Waals surface area contributed by atoms with E-state index in [9.17, 15) is 4.79 Å². The fourth-order valence-electron chi connectivity index (χ4n) is 3.72. The van der Waals surface area contributed by atoms with Crippen LogP contribution in [-0.2, 0) is 4.74 Å². The van der Waals surface area contributed by atoms with Gasteiger partial charge in [-0.2, -0.15) is 0 Å². The maximum atomic E-state index is 11.9. The first-order valence-corrected chi connectivity index (χ1v) is 10.7. The Hall–Kier alpha value is -2.61. The Kier molecular flexibility index (Phi) is 8.07. The van der Waals surface area contributed by atoms with Crippen LogP contribution in [0, 0.1) is 0 Å². The Morgan fingerprint density at radius 2 is 1.90 bits per heavy atom. The van der Waals surface area contributed by atoms with Crippen LogP contribution in [0.4, 0.5) is 0 Å². The Balaban J connectivity index is 1.45. The summed E-state index contributed by atoms with van der Waals surface area (Å²) in [7, 11) is 4.14. The van der Waals surface area contributed by atoms with Crippen molar-refractivity contribution in [2.75, 3.05) is 33.9 Å².